The quantitative estimate of drug-likeness (QED) is 0.927. The molecule has 0 fully saturated rings. The molecule has 0 saturated heterocycles. The van der Waals surface area contributed by atoms with Crippen molar-refractivity contribution >= 4 is 0 Å². The lowest BCUT2D eigenvalue weighted by molar-refractivity contribution is -0.210. The van der Waals surface area contributed by atoms with Gasteiger partial charge in [-0.2, -0.15) is 18.2 Å². The van der Waals surface area contributed by atoms with E-state index >= 15 is 0 Å². The van der Waals surface area contributed by atoms with Crippen molar-refractivity contribution in [2.45, 2.75) is 25.1 Å². The maximum absolute atomic E-state index is 12.4. The van der Waals surface area contributed by atoms with E-state index in [9.17, 15) is 13.2 Å². The molecule has 0 bridgehead atoms. The Hall–Kier alpha value is -1.96. The van der Waals surface area contributed by atoms with Gasteiger partial charge in [0.2, 0.25) is 11.7 Å². The van der Waals surface area contributed by atoms with Gasteiger partial charge in [0.1, 0.15) is 5.69 Å². The van der Waals surface area contributed by atoms with Crippen LogP contribution < -0.4 is 0 Å². The highest BCUT2D eigenvalue weighted by Gasteiger charge is 2.44. The molecule has 0 aliphatic rings. The second-order valence-corrected chi connectivity index (χ2v) is 3.95. The predicted octanol–water partition coefficient (Wildman–Crippen LogP) is 2.16. The van der Waals surface area contributed by atoms with Gasteiger partial charge in [-0.1, -0.05) is 18.1 Å². The summed E-state index contributed by atoms with van der Waals surface area (Å²) < 4.78 is 41.8. The zero-order chi connectivity index (χ0) is 14.0. The Balaban J connectivity index is 2.22. The maximum atomic E-state index is 12.4. The van der Waals surface area contributed by atoms with Crippen molar-refractivity contribution in [3.05, 3.63) is 30.3 Å². The minimum absolute atomic E-state index is 0.0804. The number of hydrogen-bond acceptors (Lipinski definition) is 5. The van der Waals surface area contributed by atoms with Gasteiger partial charge in [0.05, 0.1) is 5.92 Å². The highest BCUT2D eigenvalue weighted by molar-refractivity contribution is 5.47. The molecule has 2 heterocycles. The molecule has 2 rings (SSSR count). The average Bonchev–Trinajstić information content (AvgIpc) is 2.86. The van der Waals surface area contributed by atoms with Crippen molar-refractivity contribution in [3.8, 4) is 11.5 Å². The first kappa shape index (κ1) is 13.5. The maximum Gasteiger partial charge on any atom is 0.415 e. The van der Waals surface area contributed by atoms with Gasteiger partial charge in [-0.05, 0) is 12.1 Å². The molecule has 2 aromatic heterocycles. The van der Waals surface area contributed by atoms with E-state index in [2.05, 4.69) is 15.1 Å². The molecule has 0 radical (unpaired) electrons. The van der Waals surface area contributed by atoms with E-state index in [-0.39, 0.29) is 11.7 Å². The third-order valence-corrected chi connectivity index (χ3v) is 2.53. The van der Waals surface area contributed by atoms with Gasteiger partial charge in [0.25, 0.3) is 0 Å². The predicted molar refractivity (Wildman–Crippen MR) is 58.0 cm³/mol. The van der Waals surface area contributed by atoms with Crippen molar-refractivity contribution in [3.63, 3.8) is 0 Å². The van der Waals surface area contributed by atoms with Crippen molar-refractivity contribution < 1.29 is 22.8 Å². The Morgan fingerprint density at radius 1 is 1.32 bits per heavy atom. The summed E-state index contributed by atoms with van der Waals surface area (Å²) in [5.74, 6) is -1.55. The third-order valence-electron chi connectivity index (χ3n) is 2.53. The minimum atomic E-state index is -4.74. The molecule has 0 spiro atoms. The Morgan fingerprint density at radius 2 is 2.05 bits per heavy atom. The van der Waals surface area contributed by atoms with Crippen molar-refractivity contribution in [1.82, 2.24) is 15.1 Å². The van der Waals surface area contributed by atoms with Crippen LogP contribution >= 0.6 is 0 Å². The van der Waals surface area contributed by atoms with Crippen LogP contribution in [0.15, 0.2) is 28.9 Å². The number of aliphatic hydroxyl groups excluding tert-OH is 1. The largest absolute Gasteiger partial charge is 0.415 e. The van der Waals surface area contributed by atoms with E-state index in [4.69, 9.17) is 9.63 Å². The van der Waals surface area contributed by atoms with Crippen LogP contribution in [-0.4, -0.2) is 32.5 Å². The summed E-state index contributed by atoms with van der Waals surface area (Å²) >= 11 is 0. The summed E-state index contributed by atoms with van der Waals surface area (Å²) in [5.41, 5.74) is 0.381. The van der Waals surface area contributed by atoms with Crippen molar-refractivity contribution in [2.75, 3.05) is 0 Å². The molecule has 0 aromatic carbocycles. The molecule has 0 saturated carbocycles. The summed E-state index contributed by atoms with van der Waals surface area (Å²) in [4.78, 5) is 7.76. The van der Waals surface area contributed by atoms with Crippen LogP contribution in [0, 0.1) is 0 Å². The summed E-state index contributed by atoms with van der Waals surface area (Å²) in [5, 5.41) is 12.7. The SMILES string of the molecule is CC(c1nc(-c2ccccn2)no1)C(O)C(F)(F)F. The average molecular weight is 273 g/mol. The van der Waals surface area contributed by atoms with Crippen LogP contribution in [0.2, 0.25) is 0 Å². The number of nitrogens with zero attached hydrogens (tertiary/aromatic N) is 3. The lowest BCUT2D eigenvalue weighted by atomic mass is 10.0. The Kier molecular flexibility index (Phi) is 3.52. The van der Waals surface area contributed by atoms with E-state index in [0.29, 0.717) is 5.69 Å². The molecule has 0 amide bonds. The second kappa shape index (κ2) is 4.96. The van der Waals surface area contributed by atoms with Gasteiger partial charge in [-0.3, -0.25) is 4.98 Å². The third kappa shape index (κ3) is 2.90. The summed E-state index contributed by atoms with van der Waals surface area (Å²) in [7, 11) is 0. The van der Waals surface area contributed by atoms with Crippen LogP contribution in [0.4, 0.5) is 13.2 Å². The lowest BCUT2D eigenvalue weighted by Crippen LogP contribution is -2.33. The molecule has 0 aliphatic heterocycles. The van der Waals surface area contributed by atoms with Gasteiger partial charge in [-0.15, -0.1) is 0 Å². The molecule has 19 heavy (non-hydrogen) atoms. The van der Waals surface area contributed by atoms with Crippen molar-refractivity contribution in [1.29, 1.82) is 0 Å². The summed E-state index contributed by atoms with van der Waals surface area (Å²) in [6, 6.07) is 4.96. The molecular formula is C11H10F3N3O2. The Morgan fingerprint density at radius 3 is 2.63 bits per heavy atom. The normalized spacial score (nSPS) is 15.2. The number of alkyl halides is 3. The monoisotopic (exact) mass is 273 g/mol. The fourth-order valence-corrected chi connectivity index (χ4v) is 1.44. The van der Waals surface area contributed by atoms with Crippen LogP contribution in [0.25, 0.3) is 11.5 Å². The van der Waals surface area contributed by atoms with E-state index in [0.717, 1.165) is 6.92 Å². The molecule has 2 atom stereocenters. The number of halogens is 3. The first-order valence-electron chi connectivity index (χ1n) is 5.39. The fraction of sp³-hybridized carbons (Fsp3) is 0.364. The molecule has 5 nitrogen and oxygen atoms in total. The highest BCUT2D eigenvalue weighted by Crippen LogP contribution is 2.31. The standard InChI is InChI=1S/C11H10F3N3O2/c1-6(8(18)11(12,13)14)10-16-9(17-19-10)7-4-2-3-5-15-7/h2-6,8,18H,1H3. The molecule has 8 heteroatoms. The molecule has 2 unspecified atom stereocenters. The van der Waals surface area contributed by atoms with Gasteiger partial charge < -0.3 is 9.63 Å². The molecular weight excluding hydrogens is 263 g/mol. The van der Waals surface area contributed by atoms with Crippen LogP contribution in [-0.2, 0) is 0 Å². The lowest BCUT2D eigenvalue weighted by Gasteiger charge is -2.17. The van der Waals surface area contributed by atoms with E-state index < -0.39 is 18.2 Å². The van der Waals surface area contributed by atoms with E-state index in [1.54, 1.807) is 18.2 Å². The first-order valence-corrected chi connectivity index (χ1v) is 5.39. The Labute approximate surface area is 106 Å². The van der Waals surface area contributed by atoms with E-state index in [1.807, 2.05) is 0 Å². The van der Waals surface area contributed by atoms with Gasteiger partial charge in [0.15, 0.2) is 6.10 Å². The van der Waals surface area contributed by atoms with E-state index in [1.165, 1.54) is 6.20 Å². The number of aliphatic hydroxyl groups is 1. The number of pyridine rings is 1. The van der Waals surface area contributed by atoms with Crippen molar-refractivity contribution in [2.24, 2.45) is 0 Å². The smallest absolute Gasteiger partial charge is 0.383 e. The summed E-state index contributed by atoms with van der Waals surface area (Å²) in [6.45, 7) is 1.16. The van der Waals surface area contributed by atoms with Gasteiger partial charge in [0, 0.05) is 6.20 Å². The topological polar surface area (TPSA) is 72.0 Å². The first-order chi connectivity index (χ1) is 8.89. The number of rotatable bonds is 3. The van der Waals surface area contributed by atoms with Crippen LogP contribution in [0.1, 0.15) is 18.7 Å². The number of hydrogen-bond donors (Lipinski definition) is 1. The second-order valence-electron chi connectivity index (χ2n) is 3.95. The fourth-order valence-electron chi connectivity index (χ4n) is 1.44. The Bertz CT molecular complexity index is 542. The zero-order valence-corrected chi connectivity index (χ0v) is 9.80. The van der Waals surface area contributed by atoms with Crippen LogP contribution in [0.5, 0.6) is 0 Å². The highest BCUT2D eigenvalue weighted by atomic mass is 19.4. The number of aromatic nitrogens is 3. The molecule has 2 aromatic rings. The minimum Gasteiger partial charge on any atom is -0.383 e. The van der Waals surface area contributed by atoms with Gasteiger partial charge in [-0.25, -0.2) is 0 Å². The zero-order valence-electron chi connectivity index (χ0n) is 9.80. The molecule has 0 aliphatic carbocycles. The van der Waals surface area contributed by atoms with Gasteiger partial charge >= 0.3 is 6.18 Å². The molecule has 102 valence electrons. The molecule has 1 N–H and O–H groups in total. The summed E-state index contributed by atoms with van der Waals surface area (Å²) in [6.07, 6.45) is -5.79. The van der Waals surface area contributed by atoms with Crippen LogP contribution in [0.3, 0.4) is 0 Å².